The van der Waals surface area contributed by atoms with Crippen LogP contribution in [0.25, 0.3) is 10.9 Å². The van der Waals surface area contributed by atoms with Gasteiger partial charge in [0.05, 0.1) is 25.6 Å². The van der Waals surface area contributed by atoms with Crippen molar-refractivity contribution in [2.75, 3.05) is 0 Å². The molecule has 0 saturated heterocycles. The van der Waals surface area contributed by atoms with Crippen LogP contribution in [-0.4, -0.2) is 4.98 Å². The molecule has 0 bridgehead atoms. The van der Waals surface area contributed by atoms with Crippen LogP contribution in [0.15, 0.2) is 18.3 Å². The first-order chi connectivity index (χ1) is 6.59. The summed E-state index contributed by atoms with van der Waals surface area (Å²) in [6.45, 7) is 0. The van der Waals surface area contributed by atoms with E-state index < -0.39 is 0 Å². The number of benzene rings is 1. The van der Waals surface area contributed by atoms with Gasteiger partial charge >= 0.3 is 0 Å². The number of nitrogens with zero attached hydrogens (tertiary/aromatic N) is 1. The zero-order valence-electron chi connectivity index (χ0n) is 6.69. The Morgan fingerprint density at radius 3 is 2.21 bits per heavy atom. The highest BCUT2D eigenvalue weighted by Crippen LogP contribution is 2.33. The van der Waals surface area contributed by atoms with E-state index in [-0.39, 0.29) is 0 Å². The first-order valence-corrected chi connectivity index (χ1v) is 5.19. The van der Waals surface area contributed by atoms with Crippen molar-refractivity contribution < 1.29 is 0 Å². The molecule has 0 fully saturated rings. The van der Waals surface area contributed by atoms with E-state index in [9.17, 15) is 0 Å². The molecule has 0 N–H and O–H groups in total. The van der Waals surface area contributed by atoms with Crippen LogP contribution >= 0.6 is 46.4 Å². The van der Waals surface area contributed by atoms with Gasteiger partial charge in [-0.1, -0.05) is 46.4 Å². The van der Waals surface area contributed by atoms with E-state index >= 15 is 0 Å². The molecule has 0 radical (unpaired) electrons. The van der Waals surface area contributed by atoms with Crippen molar-refractivity contribution >= 4 is 57.3 Å². The number of fused-ring (bicyclic) bond motifs is 1. The Hall–Kier alpha value is -0.210. The second-order valence-electron chi connectivity index (χ2n) is 2.70. The van der Waals surface area contributed by atoms with Gasteiger partial charge in [0.15, 0.2) is 0 Å². The van der Waals surface area contributed by atoms with E-state index in [4.69, 9.17) is 46.4 Å². The smallest absolute Gasteiger partial charge is 0.0782 e. The molecule has 0 atom stereocenters. The maximum absolute atomic E-state index is 5.98. The molecule has 2 aromatic rings. The molecule has 72 valence electrons. The summed E-state index contributed by atoms with van der Waals surface area (Å²) < 4.78 is 0. The van der Waals surface area contributed by atoms with Crippen LogP contribution < -0.4 is 0 Å². The largest absolute Gasteiger partial charge is 0.255 e. The monoisotopic (exact) mass is 265 g/mol. The number of halogens is 4. The Morgan fingerprint density at radius 1 is 0.857 bits per heavy atom. The van der Waals surface area contributed by atoms with Crippen LogP contribution in [-0.2, 0) is 0 Å². The fraction of sp³-hybridized carbons (Fsp3) is 0. The fourth-order valence-electron chi connectivity index (χ4n) is 1.13. The summed E-state index contributed by atoms with van der Waals surface area (Å²) in [5, 5.41) is 2.43. The summed E-state index contributed by atoms with van der Waals surface area (Å²) >= 11 is 23.5. The second-order valence-corrected chi connectivity index (χ2v) is 4.30. The number of rotatable bonds is 0. The molecule has 0 saturated carbocycles. The normalized spacial score (nSPS) is 10.9. The van der Waals surface area contributed by atoms with Gasteiger partial charge in [-0.2, -0.15) is 0 Å². The van der Waals surface area contributed by atoms with E-state index in [2.05, 4.69) is 4.98 Å². The van der Waals surface area contributed by atoms with E-state index in [1.165, 1.54) is 6.20 Å². The van der Waals surface area contributed by atoms with Crippen molar-refractivity contribution in [3.05, 3.63) is 38.4 Å². The highest BCUT2D eigenvalue weighted by molar-refractivity contribution is 6.46. The minimum atomic E-state index is 0.401. The van der Waals surface area contributed by atoms with Crippen LogP contribution in [0.4, 0.5) is 0 Å². The summed E-state index contributed by atoms with van der Waals surface area (Å²) in [5.41, 5.74) is 0.675. The summed E-state index contributed by atoms with van der Waals surface area (Å²) in [6, 6.07) is 3.31. The Bertz CT molecular complexity index is 510. The lowest BCUT2D eigenvalue weighted by Crippen LogP contribution is -1.82. The van der Waals surface area contributed by atoms with Gasteiger partial charge in [0.1, 0.15) is 0 Å². The third-order valence-corrected chi connectivity index (χ3v) is 3.31. The molecule has 2 rings (SSSR count). The topological polar surface area (TPSA) is 12.9 Å². The minimum absolute atomic E-state index is 0.401. The van der Waals surface area contributed by atoms with Crippen molar-refractivity contribution in [3.63, 3.8) is 0 Å². The predicted octanol–water partition coefficient (Wildman–Crippen LogP) is 4.85. The number of hydrogen-bond donors (Lipinski definition) is 0. The van der Waals surface area contributed by atoms with Gasteiger partial charge in [0.2, 0.25) is 0 Å². The highest BCUT2D eigenvalue weighted by atomic mass is 35.5. The lowest BCUT2D eigenvalue weighted by molar-refractivity contribution is 1.41. The van der Waals surface area contributed by atoms with Crippen LogP contribution in [0.1, 0.15) is 0 Å². The SMILES string of the molecule is Clc1cc2ncc(Cl)c(Cl)c2cc1Cl. The molecule has 1 heterocycles. The average Bonchev–Trinajstić information content (AvgIpc) is 2.15. The van der Waals surface area contributed by atoms with Crippen LogP contribution in [0, 0.1) is 0 Å². The minimum Gasteiger partial charge on any atom is -0.255 e. The van der Waals surface area contributed by atoms with Gasteiger partial charge in [-0.15, -0.1) is 0 Å². The zero-order chi connectivity index (χ0) is 10.3. The van der Waals surface area contributed by atoms with E-state index in [1.54, 1.807) is 12.1 Å². The van der Waals surface area contributed by atoms with Crippen molar-refractivity contribution in [3.8, 4) is 0 Å². The molecule has 0 aliphatic rings. The van der Waals surface area contributed by atoms with Crippen LogP contribution in [0.3, 0.4) is 0 Å². The van der Waals surface area contributed by atoms with Crippen LogP contribution in [0.2, 0.25) is 20.1 Å². The zero-order valence-corrected chi connectivity index (χ0v) is 9.71. The molecule has 1 aromatic carbocycles. The number of hydrogen-bond acceptors (Lipinski definition) is 1. The van der Waals surface area contributed by atoms with E-state index in [0.29, 0.717) is 31.0 Å². The molecule has 14 heavy (non-hydrogen) atoms. The maximum atomic E-state index is 5.98. The van der Waals surface area contributed by atoms with Gasteiger partial charge in [-0.3, -0.25) is 4.98 Å². The van der Waals surface area contributed by atoms with Gasteiger partial charge in [-0.05, 0) is 12.1 Å². The van der Waals surface area contributed by atoms with Crippen molar-refractivity contribution in [1.29, 1.82) is 0 Å². The lowest BCUT2D eigenvalue weighted by atomic mass is 10.2. The quantitative estimate of drug-likeness (QED) is 0.664. The molecule has 0 amide bonds. The summed E-state index contributed by atoms with van der Waals surface area (Å²) in [5.74, 6) is 0. The third kappa shape index (κ3) is 1.66. The molecule has 1 nitrogen and oxygen atoms in total. The number of pyridine rings is 1. The average molecular weight is 267 g/mol. The molecule has 0 aliphatic carbocycles. The first-order valence-electron chi connectivity index (χ1n) is 3.68. The standard InChI is InChI=1S/C9H3Cl4N/c10-5-1-4-8(2-6(5)11)14-3-7(12)9(4)13/h1-3H. The highest BCUT2D eigenvalue weighted by Gasteiger charge is 2.07. The Balaban J connectivity index is 2.89. The van der Waals surface area contributed by atoms with Crippen LogP contribution in [0.5, 0.6) is 0 Å². The van der Waals surface area contributed by atoms with E-state index in [0.717, 1.165) is 0 Å². The molecular formula is C9H3Cl4N. The lowest BCUT2D eigenvalue weighted by Gasteiger charge is -2.03. The van der Waals surface area contributed by atoms with Gasteiger partial charge in [-0.25, -0.2) is 0 Å². The summed E-state index contributed by atoms with van der Waals surface area (Å²) in [6.07, 6.45) is 1.48. The molecule has 0 spiro atoms. The molecular weight excluding hydrogens is 264 g/mol. The van der Waals surface area contributed by atoms with Gasteiger partial charge in [0.25, 0.3) is 0 Å². The molecule has 5 heteroatoms. The predicted molar refractivity (Wildman–Crippen MR) is 61.8 cm³/mol. The maximum Gasteiger partial charge on any atom is 0.0782 e. The first kappa shape index (κ1) is 10.3. The van der Waals surface area contributed by atoms with Gasteiger partial charge < -0.3 is 0 Å². The van der Waals surface area contributed by atoms with Gasteiger partial charge in [0, 0.05) is 11.6 Å². The summed E-state index contributed by atoms with van der Waals surface area (Å²) in [7, 11) is 0. The summed E-state index contributed by atoms with van der Waals surface area (Å²) in [4.78, 5) is 4.08. The molecule has 0 unspecified atom stereocenters. The third-order valence-electron chi connectivity index (χ3n) is 1.80. The van der Waals surface area contributed by atoms with E-state index in [1.807, 2.05) is 0 Å². The fourth-order valence-corrected chi connectivity index (χ4v) is 1.80. The van der Waals surface area contributed by atoms with Crippen molar-refractivity contribution in [2.24, 2.45) is 0 Å². The Labute approximate surface area is 101 Å². The second kappa shape index (κ2) is 3.74. The Kier molecular flexibility index (Phi) is 2.76. The van der Waals surface area contributed by atoms with Crippen molar-refractivity contribution in [1.82, 2.24) is 4.98 Å². The molecule has 0 aliphatic heterocycles. The Morgan fingerprint density at radius 2 is 1.50 bits per heavy atom. The number of aromatic nitrogens is 1. The molecule has 1 aromatic heterocycles. The van der Waals surface area contributed by atoms with Crippen molar-refractivity contribution in [2.45, 2.75) is 0 Å².